The Morgan fingerprint density at radius 2 is 2.00 bits per heavy atom. The summed E-state index contributed by atoms with van der Waals surface area (Å²) in [6.07, 6.45) is 9.98. The Labute approximate surface area is 233 Å². The number of aliphatic imine (C=N–C) groups is 1. The third kappa shape index (κ3) is 4.87. The lowest BCUT2D eigenvalue weighted by molar-refractivity contribution is 0.415. The molecule has 202 valence electrons. The first-order valence-corrected chi connectivity index (χ1v) is 13.4. The number of nitrogens with zero attached hydrogens (tertiary/aromatic N) is 5. The minimum atomic E-state index is 0.515. The molecule has 40 heavy (non-hydrogen) atoms. The SMILES string of the molecule is CCNCC1=CC(c2ccc3c(n2)C(c2nc4c(-c5cccc(OC)c5)cncc4[nH]2)=NCN3C)=CNC(C)=C1. The van der Waals surface area contributed by atoms with E-state index in [-0.39, 0.29) is 0 Å². The highest BCUT2D eigenvalue weighted by molar-refractivity contribution is 6.15. The maximum atomic E-state index is 5.44. The molecule has 0 radical (unpaired) electrons. The molecule has 0 spiro atoms. The van der Waals surface area contributed by atoms with Crippen LogP contribution >= 0.6 is 0 Å². The molecule has 0 saturated carbocycles. The second-order valence-electron chi connectivity index (χ2n) is 9.88. The summed E-state index contributed by atoms with van der Waals surface area (Å²) in [5, 5.41) is 6.80. The van der Waals surface area contributed by atoms with Crippen molar-refractivity contribution < 1.29 is 4.74 Å². The molecule has 2 aliphatic rings. The molecular weight excluding hydrogens is 500 g/mol. The maximum absolute atomic E-state index is 5.44. The molecule has 6 rings (SSSR count). The molecule has 3 aromatic heterocycles. The molecule has 5 heterocycles. The Balaban J connectivity index is 1.42. The van der Waals surface area contributed by atoms with Gasteiger partial charge < -0.3 is 25.3 Å². The maximum Gasteiger partial charge on any atom is 0.159 e. The number of anilines is 1. The van der Waals surface area contributed by atoms with E-state index in [1.54, 1.807) is 13.3 Å². The Morgan fingerprint density at radius 1 is 1.10 bits per heavy atom. The topological polar surface area (TPSA) is 103 Å². The highest BCUT2D eigenvalue weighted by Crippen LogP contribution is 2.32. The first-order valence-electron chi connectivity index (χ1n) is 13.4. The molecule has 0 saturated heterocycles. The number of fused-ring (bicyclic) bond motifs is 2. The van der Waals surface area contributed by atoms with Gasteiger partial charge in [-0.3, -0.25) is 9.98 Å². The van der Waals surface area contributed by atoms with Crippen LogP contribution in [0.25, 0.3) is 27.7 Å². The van der Waals surface area contributed by atoms with E-state index in [9.17, 15) is 0 Å². The fourth-order valence-corrected chi connectivity index (χ4v) is 4.97. The molecule has 0 bridgehead atoms. The van der Waals surface area contributed by atoms with Crippen LogP contribution in [0.5, 0.6) is 5.75 Å². The van der Waals surface area contributed by atoms with Gasteiger partial charge in [-0.1, -0.05) is 19.1 Å². The number of pyridine rings is 2. The number of ether oxygens (including phenoxy) is 1. The van der Waals surface area contributed by atoms with E-state index in [0.29, 0.717) is 12.5 Å². The van der Waals surface area contributed by atoms with E-state index in [0.717, 1.165) is 75.1 Å². The molecule has 9 nitrogen and oxygen atoms in total. The summed E-state index contributed by atoms with van der Waals surface area (Å²) in [6.45, 7) is 6.39. The quantitative estimate of drug-likeness (QED) is 0.318. The normalized spacial score (nSPS) is 14.9. The zero-order valence-corrected chi connectivity index (χ0v) is 23.1. The molecule has 0 atom stereocenters. The number of aromatic nitrogens is 4. The highest BCUT2D eigenvalue weighted by Gasteiger charge is 2.25. The molecule has 0 amide bonds. The average Bonchev–Trinajstić information content (AvgIpc) is 3.32. The first-order chi connectivity index (χ1) is 19.5. The van der Waals surface area contributed by atoms with Crippen LogP contribution in [0.15, 0.2) is 83.4 Å². The number of allylic oxidation sites excluding steroid dienone is 3. The van der Waals surface area contributed by atoms with Crippen molar-refractivity contribution in [2.45, 2.75) is 13.8 Å². The van der Waals surface area contributed by atoms with Crippen LogP contribution in [0.3, 0.4) is 0 Å². The number of rotatable bonds is 7. The Hall–Kier alpha value is -4.76. The lowest BCUT2D eigenvalue weighted by Crippen LogP contribution is -2.28. The molecular formula is C31H32N8O. The van der Waals surface area contributed by atoms with Crippen LogP contribution in [0, 0.1) is 0 Å². The fourth-order valence-electron chi connectivity index (χ4n) is 4.97. The van der Waals surface area contributed by atoms with Crippen LogP contribution in [0.1, 0.15) is 31.1 Å². The van der Waals surface area contributed by atoms with Crippen LogP contribution in [0.4, 0.5) is 5.69 Å². The molecule has 0 unspecified atom stereocenters. The number of hydrogen-bond donors (Lipinski definition) is 3. The van der Waals surface area contributed by atoms with Crippen LogP contribution in [-0.4, -0.2) is 59.6 Å². The number of H-pyrrole nitrogens is 1. The lowest BCUT2D eigenvalue weighted by atomic mass is 10.1. The number of methoxy groups -OCH3 is 1. The van der Waals surface area contributed by atoms with Gasteiger partial charge in [0.2, 0.25) is 0 Å². The Kier molecular flexibility index (Phi) is 6.88. The zero-order chi connectivity index (χ0) is 27.6. The Morgan fingerprint density at radius 3 is 2.85 bits per heavy atom. The van der Waals surface area contributed by atoms with Gasteiger partial charge in [-0.05, 0) is 61.0 Å². The van der Waals surface area contributed by atoms with Gasteiger partial charge in [0.1, 0.15) is 23.8 Å². The first kappa shape index (κ1) is 25.5. The van der Waals surface area contributed by atoms with Crippen LogP contribution in [0.2, 0.25) is 0 Å². The number of aromatic amines is 1. The van der Waals surface area contributed by atoms with E-state index in [1.807, 2.05) is 43.7 Å². The predicted molar refractivity (Wildman–Crippen MR) is 161 cm³/mol. The average molecular weight is 533 g/mol. The molecule has 0 fully saturated rings. The second kappa shape index (κ2) is 10.8. The summed E-state index contributed by atoms with van der Waals surface area (Å²) in [7, 11) is 3.69. The summed E-state index contributed by atoms with van der Waals surface area (Å²) in [5.41, 5.74) is 10.2. The van der Waals surface area contributed by atoms with Crippen molar-refractivity contribution in [2.75, 3.05) is 38.8 Å². The van der Waals surface area contributed by atoms with Crippen LogP contribution < -0.4 is 20.3 Å². The van der Waals surface area contributed by atoms with Crippen molar-refractivity contribution in [3.8, 4) is 16.9 Å². The van der Waals surface area contributed by atoms with Gasteiger partial charge in [0, 0.05) is 42.8 Å². The standard InChI is InChI=1S/C31H32N8O/c1-5-32-14-20-11-19(2)34-15-22(12-20)25-9-10-27-29(36-25)30(35-18-39(27)3)31-37-26-17-33-16-24(28(26)38-31)21-7-6-8-23(13-21)40-4/h6-13,15-17,32,34H,5,14,18H2,1-4H3,(H,37,38). The van der Waals surface area contributed by atoms with Gasteiger partial charge >= 0.3 is 0 Å². The Bertz CT molecular complexity index is 1710. The van der Waals surface area contributed by atoms with Crippen molar-refractivity contribution in [3.05, 3.63) is 95.6 Å². The van der Waals surface area contributed by atoms with Crippen molar-refractivity contribution >= 4 is 28.0 Å². The van der Waals surface area contributed by atoms with E-state index in [1.165, 1.54) is 5.57 Å². The minimum absolute atomic E-state index is 0.515. The van der Waals surface area contributed by atoms with Gasteiger partial charge in [0.05, 0.1) is 35.7 Å². The van der Waals surface area contributed by atoms with Gasteiger partial charge in [-0.15, -0.1) is 0 Å². The predicted octanol–water partition coefficient (Wildman–Crippen LogP) is 4.66. The van der Waals surface area contributed by atoms with Crippen molar-refractivity contribution in [1.29, 1.82) is 0 Å². The molecule has 2 aliphatic heterocycles. The van der Waals surface area contributed by atoms with Crippen molar-refractivity contribution in [1.82, 2.24) is 30.6 Å². The van der Waals surface area contributed by atoms with Crippen molar-refractivity contribution in [3.63, 3.8) is 0 Å². The summed E-state index contributed by atoms with van der Waals surface area (Å²) < 4.78 is 5.44. The number of nitrogens with one attached hydrogen (secondary N) is 3. The summed E-state index contributed by atoms with van der Waals surface area (Å²) >= 11 is 0. The summed E-state index contributed by atoms with van der Waals surface area (Å²) in [6, 6.07) is 12.1. The molecule has 9 heteroatoms. The van der Waals surface area contributed by atoms with Gasteiger partial charge in [0.25, 0.3) is 0 Å². The second-order valence-corrected chi connectivity index (χ2v) is 9.88. The molecule has 3 N–H and O–H groups in total. The summed E-state index contributed by atoms with van der Waals surface area (Å²) in [5.74, 6) is 1.45. The van der Waals surface area contributed by atoms with Crippen LogP contribution in [-0.2, 0) is 0 Å². The summed E-state index contributed by atoms with van der Waals surface area (Å²) in [4.78, 5) is 25.1. The van der Waals surface area contributed by atoms with Gasteiger partial charge in [0.15, 0.2) is 5.82 Å². The number of imidazole rings is 1. The third-order valence-corrected chi connectivity index (χ3v) is 7.02. The molecule has 0 aliphatic carbocycles. The number of likely N-dealkylation sites (N-methyl/N-ethyl adjacent to an activating group) is 1. The third-order valence-electron chi connectivity index (χ3n) is 7.02. The van der Waals surface area contributed by atoms with E-state index in [2.05, 4.69) is 63.6 Å². The van der Waals surface area contributed by atoms with Crippen molar-refractivity contribution in [2.24, 2.45) is 4.99 Å². The fraction of sp³-hybridized carbons (Fsp3) is 0.226. The molecule has 1 aromatic carbocycles. The zero-order valence-electron chi connectivity index (χ0n) is 23.1. The smallest absolute Gasteiger partial charge is 0.159 e. The largest absolute Gasteiger partial charge is 0.497 e. The van der Waals surface area contributed by atoms with E-state index in [4.69, 9.17) is 19.7 Å². The van der Waals surface area contributed by atoms with Gasteiger partial charge in [-0.25, -0.2) is 9.97 Å². The minimum Gasteiger partial charge on any atom is -0.497 e. The number of benzene rings is 1. The number of hydrogen-bond acceptors (Lipinski definition) is 8. The lowest BCUT2D eigenvalue weighted by Gasteiger charge is -2.25. The van der Waals surface area contributed by atoms with E-state index >= 15 is 0 Å². The monoisotopic (exact) mass is 532 g/mol. The molecule has 4 aromatic rings. The van der Waals surface area contributed by atoms with E-state index < -0.39 is 0 Å². The van der Waals surface area contributed by atoms with Gasteiger partial charge in [-0.2, -0.15) is 0 Å². The highest BCUT2D eigenvalue weighted by atomic mass is 16.5.